The molecule has 3 rings (SSSR count). The van der Waals surface area contributed by atoms with Crippen LogP contribution < -0.4 is 0 Å². The Bertz CT molecular complexity index is 542. The molecule has 0 unspecified atom stereocenters. The zero-order chi connectivity index (χ0) is 12.7. The number of carbonyl (C=O) groups is 2. The number of carbonyl (C=O) groups excluding carboxylic acids is 1. The van der Waals surface area contributed by atoms with Crippen molar-refractivity contribution in [3.8, 4) is 0 Å². The number of H-pyrrole nitrogens is 1. The first kappa shape index (κ1) is 11.6. The van der Waals surface area contributed by atoms with Crippen molar-refractivity contribution in [2.45, 2.75) is 17.0 Å². The first-order chi connectivity index (χ1) is 8.66. The van der Waals surface area contributed by atoms with Crippen molar-refractivity contribution in [2.75, 3.05) is 5.75 Å². The summed E-state index contributed by atoms with van der Waals surface area (Å²) < 4.78 is 0. The number of aromatic nitrogens is 3. The van der Waals surface area contributed by atoms with Gasteiger partial charge in [-0.05, 0) is 0 Å². The van der Waals surface area contributed by atoms with Crippen molar-refractivity contribution in [3.63, 3.8) is 0 Å². The molecule has 0 saturated carbocycles. The third-order valence-electron chi connectivity index (χ3n) is 2.63. The average Bonchev–Trinajstić information content (AvgIpc) is 2.81. The van der Waals surface area contributed by atoms with Crippen molar-refractivity contribution in [2.24, 2.45) is 0 Å². The summed E-state index contributed by atoms with van der Waals surface area (Å²) in [6.07, 6.45) is 1.78. The molecule has 2 aliphatic rings. The van der Waals surface area contributed by atoms with Crippen LogP contribution in [-0.4, -0.2) is 48.2 Å². The summed E-state index contributed by atoms with van der Waals surface area (Å²) in [5.74, 6) is -0.641. The quantitative estimate of drug-likeness (QED) is 0.779. The van der Waals surface area contributed by atoms with Gasteiger partial charge in [-0.2, -0.15) is 5.10 Å². The van der Waals surface area contributed by atoms with Gasteiger partial charge in [0.15, 0.2) is 5.16 Å². The van der Waals surface area contributed by atoms with Gasteiger partial charge in [0.05, 0.1) is 11.8 Å². The predicted octanol–water partition coefficient (Wildman–Crippen LogP) is 0.498. The summed E-state index contributed by atoms with van der Waals surface area (Å²) in [5, 5.41) is 16.1. The third-order valence-corrected chi connectivity index (χ3v) is 5.01. The second-order valence-electron chi connectivity index (χ2n) is 3.70. The van der Waals surface area contributed by atoms with Gasteiger partial charge in [-0.15, -0.1) is 11.8 Å². The van der Waals surface area contributed by atoms with E-state index in [2.05, 4.69) is 15.2 Å². The van der Waals surface area contributed by atoms with E-state index in [1.54, 1.807) is 11.8 Å². The predicted molar refractivity (Wildman–Crippen MR) is 64.6 cm³/mol. The molecule has 1 aromatic heterocycles. The largest absolute Gasteiger partial charge is 0.477 e. The van der Waals surface area contributed by atoms with Crippen LogP contribution in [-0.2, 0) is 9.59 Å². The highest BCUT2D eigenvalue weighted by Gasteiger charge is 2.45. The molecule has 9 heteroatoms. The number of hydrogen-bond donors (Lipinski definition) is 2. The number of aromatic amines is 1. The summed E-state index contributed by atoms with van der Waals surface area (Å²) in [6, 6.07) is 0. The van der Waals surface area contributed by atoms with Crippen LogP contribution >= 0.6 is 23.5 Å². The van der Waals surface area contributed by atoms with Gasteiger partial charge in [-0.25, -0.2) is 9.78 Å². The Morgan fingerprint density at radius 3 is 3.11 bits per heavy atom. The molecule has 1 atom stereocenters. The lowest BCUT2D eigenvalue weighted by atomic mass is 10.1. The molecule has 0 radical (unpaired) electrons. The lowest BCUT2D eigenvalue weighted by Crippen LogP contribution is -2.53. The maximum Gasteiger partial charge on any atom is 0.353 e. The Hall–Kier alpha value is -1.48. The number of nitrogens with zero attached hydrogens (tertiary/aromatic N) is 3. The van der Waals surface area contributed by atoms with E-state index in [0.717, 1.165) is 0 Å². The van der Waals surface area contributed by atoms with E-state index in [1.165, 1.54) is 23.0 Å². The van der Waals surface area contributed by atoms with Crippen molar-refractivity contribution in [1.29, 1.82) is 0 Å². The van der Waals surface area contributed by atoms with Crippen LogP contribution in [0.25, 0.3) is 0 Å². The summed E-state index contributed by atoms with van der Waals surface area (Å²) in [5.41, 5.74) is 0.0800. The Kier molecular flexibility index (Phi) is 2.78. The number of fused-ring (bicyclic) bond motifs is 1. The molecule has 0 spiro atoms. The summed E-state index contributed by atoms with van der Waals surface area (Å²) in [6.45, 7) is 0. The zero-order valence-corrected chi connectivity index (χ0v) is 10.6. The van der Waals surface area contributed by atoms with E-state index >= 15 is 0 Å². The molecule has 18 heavy (non-hydrogen) atoms. The molecule has 0 aromatic carbocycles. The number of rotatable bonds is 3. The number of thioether (sulfide) groups is 2. The standard InChI is InChI=1S/C9H8N4O3S2/c14-5-1-6-13(5)7(8(15)16)4(2-17-6)18-9-10-3-11-12-9/h3,6H,1-2H2,(H,15,16)(H,10,11,12)/t6-/m0/s1. The minimum absolute atomic E-state index is 0.0253. The first-order valence-corrected chi connectivity index (χ1v) is 6.96. The van der Waals surface area contributed by atoms with Crippen molar-refractivity contribution < 1.29 is 14.7 Å². The summed E-state index contributed by atoms with van der Waals surface area (Å²) in [4.78, 5) is 28.7. The maximum atomic E-state index is 11.5. The number of hydrogen-bond acceptors (Lipinski definition) is 6. The molecule has 7 nitrogen and oxygen atoms in total. The number of carboxylic acid groups (broad SMARTS) is 1. The third kappa shape index (κ3) is 1.79. The normalized spacial score (nSPS) is 22.8. The van der Waals surface area contributed by atoms with Gasteiger partial charge in [0.2, 0.25) is 5.91 Å². The highest BCUT2D eigenvalue weighted by molar-refractivity contribution is 8.06. The minimum atomic E-state index is -1.07. The molecule has 1 saturated heterocycles. The summed E-state index contributed by atoms with van der Waals surface area (Å²) >= 11 is 2.77. The van der Waals surface area contributed by atoms with E-state index in [1.807, 2.05) is 0 Å². The Morgan fingerprint density at radius 2 is 2.50 bits per heavy atom. The lowest BCUT2D eigenvalue weighted by molar-refractivity contribution is -0.146. The van der Waals surface area contributed by atoms with E-state index in [0.29, 0.717) is 22.2 Å². The maximum absolute atomic E-state index is 11.5. The van der Waals surface area contributed by atoms with Gasteiger partial charge in [-0.3, -0.25) is 14.8 Å². The fourth-order valence-corrected chi connectivity index (χ4v) is 4.09. The van der Waals surface area contributed by atoms with Gasteiger partial charge in [-0.1, -0.05) is 11.8 Å². The fourth-order valence-electron chi connectivity index (χ4n) is 1.82. The Balaban J connectivity index is 1.95. The summed E-state index contributed by atoms with van der Waals surface area (Å²) in [7, 11) is 0. The van der Waals surface area contributed by atoms with Gasteiger partial charge in [0, 0.05) is 10.7 Å². The SMILES string of the molecule is O=C(O)C1=C(Sc2ncn[nH]2)CS[C@H]2CC(=O)N12. The van der Waals surface area contributed by atoms with Gasteiger partial charge in [0.25, 0.3) is 0 Å². The van der Waals surface area contributed by atoms with Crippen molar-refractivity contribution in [3.05, 3.63) is 16.9 Å². The van der Waals surface area contributed by atoms with Gasteiger partial charge >= 0.3 is 5.97 Å². The first-order valence-electron chi connectivity index (χ1n) is 5.10. The molecule has 94 valence electrons. The van der Waals surface area contributed by atoms with Crippen LogP contribution in [0, 0.1) is 0 Å². The topological polar surface area (TPSA) is 99.2 Å². The monoisotopic (exact) mass is 284 g/mol. The molecular weight excluding hydrogens is 276 g/mol. The van der Waals surface area contributed by atoms with Crippen molar-refractivity contribution in [1.82, 2.24) is 20.1 Å². The number of amides is 1. The molecule has 1 aromatic rings. The second kappa shape index (κ2) is 4.32. The number of β-lactam (4-membered cyclic amide) rings is 1. The highest BCUT2D eigenvalue weighted by Crippen LogP contribution is 2.44. The Labute approximate surface area is 110 Å². The lowest BCUT2D eigenvalue weighted by Gasteiger charge is -2.43. The Morgan fingerprint density at radius 1 is 1.67 bits per heavy atom. The van der Waals surface area contributed by atoms with E-state index in [9.17, 15) is 14.7 Å². The molecule has 3 heterocycles. The smallest absolute Gasteiger partial charge is 0.353 e. The van der Waals surface area contributed by atoms with Crippen LogP contribution in [0.3, 0.4) is 0 Å². The van der Waals surface area contributed by atoms with Crippen LogP contribution in [0.5, 0.6) is 0 Å². The number of nitrogens with one attached hydrogen (secondary N) is 1. The molecule has 0 aliphatic carbocycles. The zero-order valence-electron chi connectivity index (χ0n) is 8.99. The van der Waals surface area contributed by atoms with Crippen LogP contribution in [0.4, 0.5) is 0 Å². The molecule has 2 N–H and O–H groups in total. The van der Waals surface area contributed by atoms with Gasteiger partial charge < -0.3 is 5.11 Å². The molecule has 1 fully saturated rings. The van der Waals surface area contributed by atoms with Crippen LogP contribution in [0.1, 0.15) is 6.42 Å². The van der Waals surface area contributed by atoms with E-state index < -0.39 is 5.97 Å². The average molecular weight is 284 g/mol. The molecular formula is C9H8N4O3S2. The number of carboxylic acids is 1. The minimum Gasteiger partial charge on any atom is -0.477 e. The molecule has 0 bridgehead atoms. The highest BCUT2D eigenvalue weighted by atomic mass is 32.2. The van der Waals surface area contributed by atoms with Crippen LogP contribution in [0.15, 0.2) is 22.1 Å². The van der Waals surface area contributed by atoms with E-state index in [4.69, 9.17) is 0 Å². The van der Waals surface area contributed by atoms with Crippen molar-refractivity contribution >= 4 is 35.4 Å². The molecule has 1 amide bonds. The number of aliphatic carboxylic acids is 1. The molecule has 2 aliphatic heterocycles. The second-order valence-corrected chi connectivity index (χ2v) is 5.95. The van der Waals surface area contributed by atoms with Gasteiger partial charge in [0.1, 0.15) is 12.0 Å². The fraction of sp³-hybridized carbons (Fsp3) is 0.333. The van der Waals surface area contributed by atoms with Crippen LogP contribution in [0.2, 0.25) is 0 Å². The van der Waals surface area contributed by atoms with E-state index in [-0.39, 0.29) is 17.0 Å².